The van der Waals surface area contributed by atoms with Crippen LogP contribution in [-0.2, 0) is 11.2 Å². The fourth-order valence-corrected chi connectivity index (χ4v) is 2.29. The zero-order chi connectivity index (χ0) is 18.1. The molecule has 2 aromatic carbocycles. The van der Waals surface area contributed by atoms with Gasteiger partial charge in [-0.1, -0.05) is 49.2 Å². The van der Waals surface area contributed by atoms with Gasteiger partial charge in [-0.25, -0.2) is 0 Å². The Morgan fingerprint density at radius 3 is 2.68 bits per heavy atom. The third-order valence-electron chi connectivity index (χ3n) is 3.54. The first kappa shape index (κ1) is 17.8. The van der Waals surface area contributed by atoms with Crippen molar-refractivity contribution in [2.75, 3.05) is 11.9 Å². The van der Waals surface area contributed by atoms with Crippen LogP contribution in [0.3, 0.4) is 0 Å². The first-order valence-electron chi connectivity index (χ1n) is 7.86. The monoisotopic (exact) mass is 330 g/mol. The van der Waals surface area contributed by atoms with E-state index in [0.717, 1.165) is 12.0 Å². The second-order valence-corrected chi connectivity index (χ2v) is 5.17. The molecular weight excluding hydrogens is 312 g/mol. The molecule has 0 fully saturated rings. The van der Waals surface area contributed by atoms with Gasteiger partial charge >= 0.3 is 0 Å². The number of carbonyl (C=O) groups excluding carboxylic acids is 1. The van der Waals surface area contributed by atoms with E-state index in [2.05, 4.69) is 11.2 Å². The number of anilines is 1. The topological polar surface area (TPSA) is 62.1 Å². The fourth-order valence-electron chi connectivity index (χ4n) is 2.29. The minimum Gasteiger partial charge on any atom is -0.480 e. The number of nitriles is 1. The zero-order valence-electron chi connectivity index (χ0n) is 14.0. The minimum atomic E-state index is -0.463. The van der Waals surface area contributed by atoms with Crippen LogP contribution in [0.4, 0.5) is 5.69 Å². The van der Waals surface area contributed by atoms with Gasteiger partial charge in [0.1, 0.15) is 24.0 Å². The van der Waals surface area contributed by atoms with E-state index >= 15 is 0 Å². The number of carbonyl (C=O) groups is 1. The van der Waals surface area contributed by atoms with Gasteiger partial charge in [0.15, 0.2) is 0 Å². The molecule has 0 aromatic heterocycles. The van der Waals surface area contributed by atoms with Crippen LogP contribution in [0.15, 0.2) is 54.1 Å². The molecule has 1 amide bonds. The standard InChI is InChI=1S/C21H18N2O2/c1-3-13-25-20-12-8-6-10-17(20)14-18(15-22)21(24)23-19-11-7-5-9-16(19)4-2/h1,5-12,14H,4,13H2,2H3,(H,23,24)/b18-14+. The molecule has 0 heterocycles. The first-order chi connectivity index (χ1) is 12.2. The number of hydrogen-bond acceptors (Lipinski definition) is 3. The number of hydrogen-bond donors (Lipinski definition) is 1. The van der Waals surface area contributed by atoms with Gasteiger partial charge in [0.25, 0.3) is 5.91 Å². The molecule has 25 heavy (non-hydrogen) atoms. The van der Waals surface area contributed by atoms with Gasteiger partial charge in [0.05, 0.1) is 0 Å². The molecule has 0 radical (unpaired) electrons. The molecule has 2 aromatic rings. The van der Waals surface area contributed by atoms with Gasteiger partial charge < -0.3 is 10.1 Å². The van der Waals surface area contributed by atoms with E-state index in [0.29, 0.717) is 17.0 Å². The lowest BCUT2D eigenvalue weighted by Crippen LogP contribution is -2.14. The van der Waals surface area contributed by atoms with Crippen molar-refractivity contribution >= 4 is 17.7 Å². The summed E-state index contributed by atoms with van der Waals surface area (Å²) in [5, 5.41) is 12.2. The summed E-state index contributed by atoms with van der Waals surface area (Å²) in [7, 11) is 0. The molecule has 0 atom stereocenters. The lowest BCUT2D eigenvalue weighted by Gasteiger charge is -2.10. The van der Waals surface area contributed by atoms with Gasteiger partial charge in [-0.15, -0.1) is 6.42 Å². The summed E-state index contributed by atoms with van der Waals surface area (Å²) in [6.07, 6.45) is 7.49. The smallest absolute Gasteiger partial charge is 0.266 e. The molecule has 2 rings (SSSR count). The van der Waals surface area contributed by atoms with Crippen LogP contribution in [0.2, 0.25) is 0 Å². The molecule has 0 aliphatic heterocycles. The summed E-state index contributed by atoms with van der Waals surface area (Å²) in [4.78, 5) is 12.5. The lowest BCUT2D eigenvalue weighted by atomic mass is 10.1. The number of benzene rings is 2. The van der Waals surface area contributed by atoms with Crippen molar-refractivity contribution in [2.24, 2.45) is 0 Å². The van der Waals surface area contributed by atoms with Gasteiger partial charge in [0.2, 0.25) is 0 Å². The molecule has 0 unspecified atom stereocenters. The van der Waals surface area contributed by atoms with Gasteiger partial charge in [-0.05, 0) is 30.2 Å². The Bertz CT molecular complexity index is 870. The quantitative estimate of drug-likeness (QED) is 0.498. The van der Waals surface area contributed by atoms with Crippen molar-refractivity contribution < 1.29 is 9.53 Å². The Hall–Kier alpha value is -3.50. The maximum Gasteiger partial charge on any atom is 0.266 e. The lowest BCUT2D eigenvalue weighted by molar-refractivity contribution is -0.112. The maximum absolute atomic E-state index is 12.5. The van der Waals surface area contributed by atoms with E-state index in [1.54, 1.807) is 24.3 Å². The minimum absolute atomic E-state index is 0.0114. The van der Waals surface area contributed by atoms with Gasteiger partial charge in [-0.2, -0.15) is 5.26 Å². The van der Waals surface area contributed by atoms with Crippen LogP contribution in [0.1, 0.15) is 18.1 Å². The summed E-state index contributed by atoms with van der Waals surface area (Å²) in [6, 6.07) is 16.5. The number of para-hydroxylation sites is 2. The second kappa shape index (κ2) is 8.96. The predicted molar refractivity (Wildman–Crippen MR) is 98.8 cm³/mol. The maximum atomic E-state index is 12.5. The normalized spacial score (nSPS) is 10.4. The Morgan fingerprint density at radius 2 is 1.96 bits per heavy atom. The Morgan fingerprint density at radius 1 is 1.24 bits per heavy atom. The van der Waals surface area contributed by atoms with Crippen LogP contribution in [0.25, 0.3) is 6.08 Å². The number of nitrogens with one attached hydrogen (secondary N) is 1. The van der Waals surface area contributed by atoms with E-state index < -0.39 is 5.91 Å². The molecule has 0 spiro atoms. The van der Waals surface area contributed by atoms with Gasteiger partial charge in [0, 0.05) is 11.3 Å². The van der Waals surface area contributed by atoms with Crippen molar-refractivity contribution in [2.45, 2.75) is 13.3 Å². The Kier molecular flexibility index (Phi) is 6.39. The molecule has 1 N–H and O–H groups in total. The Labute approximate surface area is 147 Å². The SMILES string of the molecule is C#CCOc1ccccc1/C=C(\C#N)C(=O)Nc1ccccc1CC. The van der Waals surface area contributed by atoms with Crippen molar-refractivity contribution in [1.82, 2.24) is 0 Å². The highest BCUT2D eigenvalue weighted by molar-refractivity contribution is 6.10. The van der Waals surface area contributed by atoms with Crippen LogP contribution in [-0.4, -0.2) is 12.5 Å². The fraction of sp³-hybridized carbons (Fsp3) is 0.143. The van der Waals surface area contributed by atoms with Crippen LogP contribution in [0, 0.1) is 23.7 Å². The Balaban J connectivity index is 2.28. The largest absolute Gasteiger partial charge is 0.480 e. The molecule has 4 heteroatoms. The summed E-state index contributed by atoms with van der Waals surface area (Å²) in [5.41, 5.74) is 2.31. The van der Waals surface area contributed by atoms with Crippen molar-refractivity contribution in [1.29, 1.82) is 5.26 Å². The summed E-state index contributed by atoms with van der Waals surface area (Å²) >= 11 is 0. The number of rotatable bonds is 6. The second-order valence-electron chi connectivity index (χ2n) is 5.17. The van der Waals surface area contributed by atoms with Crippen molar-refractivity contribution in [3.63, 3.8) is 0 Å². The van der Waals surface area contributed by atoms with E-state index in [1.807, 2.05) is 37.3 Å². The molecule has 0 saturated heterocycles. The number of nitrogens with zero attached hydrogens (tertiary/aromatic N) is 1. The molecule has 4 nitrogen and oxygen atoms in total. The third-order valence-corrected chi connectivity index (χ3v) is 3.54. The molecule has 124 valence electrons. The summed E-state index contributed by atoms with van der Waals surface area (Å²) in [6.45, 7) is 2.12. The van der Waals surface area contributed by atoms with E-state index in [4.69, 9.17) is 11.2 Å². The zero-order valence-corrected chi connectivity index (χ0v) is 14.0. The molecule has 0 saturated carbocycles. The van der Waals surface area contributed by atoms with Crippen molar-refractivity contribution in [3.05, 3.63) is 65.2 Å². The van der Waals surface area contributed by atoms with Crippen LogP contribution >= 0.6 is 0 Å². The molecule has 0 aliphatic rings. The molecular formula is C21H18N2O2. The third kappa shape index (κ3) is 4.73. The number of aryl methyl sites for hydroxylation is 1. The van der Waals surface area contributed by atoms with E-state index in [1.165, 1.54) is 6.08 Å². The average molecular weight is 330 g/mol. The number of amides is 1. The number of terminal acetylenes is 1. The molecule has 0 aliphatic carbocycles. The first-order valence-corrected chi connectivity index (χ1v) is 7.86. The molecule has 0 bridgehead atoms. The predicted octanol–water partition coefficient (Wildman–Crippen LogP) is 3.81. The summed E-state index contributed by atoms with van der Waals surface area (Å²) < 4.78 is 5.44. The average Bonchev–Trinajstić information content (AvgIpc) is 2.65. The highest BCUT2D eigenvalue weighted by Gasteiger charge is 2.12. The van der Waals surface area contributed by atoms with E-state index in [9.17, 15) is 10.1 Å². The number of ether oxygens (including phenoxy) is 1. The highest BCUT2D eigenvalue weighted by atomic mass is 16.5. The van der Waals surface area contributed by atoms with Crippen LogP contribution < -0.4 is 10.1 Å². The van der Waals surface area contributed by atoms with E-state index in [-0.39, 0.29) is 12.2 Å². The summed E-state index contributed by atoms with van der Waals surface area (Å²) in [5.74, 6) is 2.45. The van der Waals surface area contributed by atoms with Crippen LogP contribution in [0.5, 0.6) is 5.75 Å². The highest BCUT2D eigenvalue weighted by Crippen LogP contribution is 2.22. The van der Waals surface area contributed by atoms with Gasteiger partial charge in [-0.3, -0.25) is 4.79 Å². The van der Waals surface area contributed by atoms with Crippen molar-refractivity contribution in [3.8, 4) is 24.2 Å².